The zero-order valence-corrected chi connectivity index (χ0v) is 16.3. The predicted octanol–water partition coefficient (Wildman–Crippen LogP) is 4.12. The van der Waals surface area contributed by atoms with E-state index in [9.17, 15) is 4.79 Å². The summed E-state index contributed by atoms with van der Waals surface area (Å²) in [5.41, 5.74) is 8.32. The summed E-state index contributed by atoms with van der Waals surface area (Å²) < 4.78 is 0. The van der Waals surface area contributed by atoms with Crippen LogP contribution in [0.5, 0.6) is 0 Å². The number of rotatable bonds is 8. The Morgan fingerprint density at radius 2 is 1.81 bits per heavy atom. The van der Waals surface area contributed by atoms with E-state index in [0.29, 0.717) is 28.9 Å². The molecule has 140 valence electrons. The van der Waals surface area contributed by atoms with Gasteiger partial charge < -0.3 is 16.0 Å². The van der Waals surface area contributed by atoms with E-state index in [0.717, 1.165) is 24.6 Å². The van der Waals surface area contributed by atoms with Gasteiger partial charge in [-0.15, -0.1) is 0 Å². The van der Waals surface area contributed by atoms with Gasteiger partial charge in [-0.05, 0) is 30.9 Å². The highest BCUT2D eigenvalue weighted by Gasteiger charge is 2.17. The molecule has 6 heteroatoms. The normalized spacial score (nSPS) is 11.0. The lowest BCUT2D eigenvalue weighted by Crippen LogP contribution is -2.32. The van der Waals surface area contributed by atoms with Crippen molar-refractivity contribution in [2.24, 2.45) is 11.8 Å². The fraction of sp³-hybridized carbons (Fsp3) is 0.450. The number of nitrogens with zero attached hydrogens (tertiary/aromatic N) is 3. The first kappa shape index (κ1) is 19.7. The number of aromatic nitrogens is 2. The summed E-state index contributed by atoms with van der Waals surface area (Å²) in [6.07, 6.45) is 1.52. The Balaban J connectivity index is 2.32. The maximum absolute atomic E-state index is 11.6. The summed E-state index contributed by atoms with van der Waals surface area (Å²) in [6, 6.07) is 7.30. The largest absolute Gasteiger partial charge is 0.393 e. The molecule has 1 heterocycles. The smallest absolute Gasteiger partial charge is 0.159 e. The predicted molar refractivity (Wildman–Crippen MR) is 108 cm³/mol. The van der Waals surface area contributed by atoms with E-state index in [1.54, 1.807) is 19.1 Å². The zero-order chi connectivity index (χ0) is 19.3. The molecule has 0 saturated carbocycles. The van der Waals surface area contributed by atoms with E-state index in [1.807, 2.05) is 12.1 Å². The average Bonchev–Trinajstić information content (AvgIpc) is 2.55. The Morgan fingerprint density at radius 1 is 1.15 bits per heavy atom. The molecule has 0 radical (unpaired) electrons. The van der Waals surface area contributed by atoms with Crippen molar-refractivity contribution in [2.45, 2.75) is 34.6 Å². The Kier molecular flexibility index (Phi) is 6.55. The van der Waals surface area contributed by atoms with Crippen molar-refractivity contribution in [2.75, 3.05) is 29.0 Å². The number of carbonyl (C=O) groups is 1. The second-order valence-corrected chi connectivity index (χ2v) is 7.41. The molecule has 1 aromatic heterocycles. The zero-order valence-electron chi connectivity index (χ0n) is 16.3. The second kappa shape index (κ2) is 8.65. The number of anilines is 4. The van der Waals surface area contributed by atoms with E-state index in [-0.39, 0.29) is 5.78 Å². The molecule has 1 aromatic carbocycles. The van der Waals surface area contributed by atoms with Crippen LogP contribution in [0.25, 0.3) is 0 Å². The highest BCUT2D eigenvalue weighted by atomic mass is 16.1. The molecule has 0 aliphatic carbocycles. The van der Waals surface area contributed by atoms with Gasteiger partial charge in [-0.3, -0.25) is 4.79 Å². The molecule has 0 amide bonds. The fourth-order valence-electron chi connectivity index (χ4n) is 2.82. The quantitative estimate of drug-likeness (QED) is 0.693. The number of carbonyl (C=O) groups excluding carboxylic acids is 1. The molecular formula is C20H29N5O. The molecular weight excluding hydrogens is 326 g/mol. The van der Waals surface area contributed by atoms with Crippen LogP contribution in [0.1, 0.15) is 45.0 Å². The lowest BCUT2D eigenvalue weighted by Gasteiger charge is -2.28. The highest BCUT2D eigenvalue weighted by Crippen LogP contribution is 2.29. The average molecular weight is 355 g/mol. The number of nitrogen functional groups attached to an aromatic ring is 1. The molecule has 0 bridgehead atoms. The molecule has 0 fully saturated rings. The van der Waals surface area contributed by atoms with E-state index < -0.39 is 0 Å². The van der Waals surface area contributed by atoms with Gasteiger partial charge in [0.15, 0.2) is 17.4 Å². The Morgan fingerprint density at radius 3 is 2.38 bits per heavy atom. The molecule has 0 saturated heterocycles. The highest BCUT2D eigenvalue weighted by molar-refractivity contribution is 5.95. The van der Waals surface area contributed by atoms with Gasteiger partial charge in [0, 0.05) is 24.3 Å². The third kappa shape index (κ3) is 5.18. The Labute approximate surface area is 155 Å². The van der Waals surface area contributed by atoms with Crippen LogP contribution in [0.2, 0.25) is 0 Å². The van der Waals surface area contributed by atoms with Gasteiger partial charge in [0.05, 0.1) is 0 Å². The molecule has 2 rings (SSSR count). The molecule has 0 unspecified atom stereocenters. The molecule has 0 aliphatic rings. The van der Waals surface area contributed by atoms with E-state index in [2.05, 4.69) is 47.9 Å². The van der Waals surface area contributed by atoms with E-state index >= 15 is 0 Å². The van der Waals surface area contributed by atoms with Gasteiger partial charge in [-0.1, -0.05) is 39.8 Å². The molecule has 3 N–H and O–H groups in total. The maximum Gasteiger partial charge on any atom is 0.159 e. The van der Waals surface area contributed by atoms with Crippen LogP contribution in [-0.2, 0) is 0 Å². The van der Waals surface area contributed by atoms with Crippen LogP contribution in [0.4, 0.5) is 23.0 Å². The first-order chi connectivity index (χ1) is 12.3. The van der Waals surface area contributed by atoms with Crippen LogP contribution in [0.3, 0.4) is 0 Å². The number of hydrogen-bond donors (Lipinski definition) is 2. The topological polar surface area (TPSA) is 84.1 Å². The summed E-state index contributed by atoms with van der Waals surface area (Å²) >= 11 is 0. The van der Waals surface area contributed by atoms with Crippen LogP contribution in [-0.4, -0.2) is 28.8 Å². The molecule has 26 heavy (non-hydrogen) atoms. The van der Waals surface area contributed by atoms with Crippen LogP contribution >= 0.6 is 0 Å². The van der Waals surface area contributed by atoms with Gasteiger partial charge in [0.25, 0.3) is 0 Å². The van der Waals surface area contributed by atoms with Crippen molar-refractivity contribution in [1.29, 1.82) is 0 Å². The summed E-state index contributed by atoms with van der Waals surface area (Å²) in [6.45, 7) is 12.0. The van der Waals surface area contributed by atoms with Crippen LogP contribution in [0, 0.1) is 11.8 Å². The van der Waals surface area contributed by atoms with Crippen molar-refractivity contribution >= 4 is 28.8 Å². The number of nitrogens with two attached hydrogens (primary N) is 1. The SMILES string of the molecule is CC(=O)c1cccc(Nc2ncnc(N(CC(C)C)CC(C)C)c2N)c1. The van der Waals surface area contributed by atoms with E-state index in [4.69, 9.17) is 5.73 Å². The number of Topliss-reactive ketones (excluding diaryl/α,β-unsaturated/α-hetero) is 1. The van der Waals surface area contributed by atoms with Crippen molar-refractivity contribution in [3.05, 3.63) is 36.2 Å². The molecule has 6 nitrogen and oxygen atoms in total. The van der Waals surface area contributed by atoms with Crippen LogP contribution < -0.4 is 16.0 Å². The minimum absolute atomic E-state index is 0.0186. The van der Waals surface area contributed by atoms with Crippen molar-refractivity contribution in [3.8, 4) is 0 Å². The first-order valence-corrected chi connectivity index (χ1v) is 9.01. The number of nitrogens with one attached hydrogen (secondary N) is 1. The molecule has 0 aliphatic heterocycles. The van der Waals surface area contributed by atoms with Crippen molar-refractivity contribution in [1.82, 2.24) is 9.97 Å². The van der Waals surface area contributed by atoms with Crippen molar-refractivity contribution < 1.29 is 4.79 Å². The van der Waals surface area contributed by atoms with E-state index in [1.165, 1.54) is 6.33 Å². The lowest BCUT2D eigenvalue weighted by atomic mass is 10.1. The van der Waals surface area contributed by atoms with Crippen LogP contribution in [0.15, 0.2) is 30.6 Å². The van der Waals surface area contributed by atoms with Gasteiger partial charge in [0.2, 0.25) is 0 Å². The second-order valence-electron chi connectivity index (χ2n) is 7.41. The third-order valence-corrected chi connectivity index (χ3v) is 3.87. The van der Waals surface area contributed by atoms with Gasteiger partial charge in [-0.25, -0.2) is 9.97 Å². The Bertz CT molecular complexity index is 748. The summed E-state index contributed by atoms with van der Waals surface area (Å²) in [4.78, 5) is 22.5. The van der Waals surface area contributed by atoms with Gasteiger partial charge in [0.1, 0.15) is 12.0 Å². The summed E-state index contributed by atoms with van der Waals surface area (Å²) in [5.74, 6) is 2.30. The molecule has 0 spiro atoms. The minimum atomic E-state index is 0.0186. The number of benzene rings is 1. The fourth-order valence-corrected chi connectivity index (χ4v) is 2.82. The van der Waals surface area contributed by atoms with Gasteiger partial charge in [-0.2, -0.15) is 0 Å². The third-order valence-electron chi connectivity index (χ3n) is 3.87. The molecule has 2 aromatic rings. The number of ketones is 1. The standard InChI is InChI=1S/C20H29N5O/c1-13(2)10-25(11-14(3)4)20-18(21)19(22-12-23-20)24-17-8-6-7-16(9-17)15(5)26/h6-9,12-14H,10-11,21H2,1-5H3,(H,22,23,24). The number of hydrogen-bond acceptors (Lipinski definition) is 6. The Hall–Kier alpha value is -2.63. The maximum atomic E-state index is 11.6. The van der Waals surface area contributed by atoms with Crippen molar-refractivity contribution in [3.63, 3.8) is 0 Å². The minimum Gasteiger partial charge on any atom is -0.393 e. The molecule has 0 atom stereocenters. The monoisotopic (exact) mass is 355 g/mol. The summed E-state index contributed by atoms with van der Waals surface area (Å²) in [7, 11) is 0. The van der Waals surface area contributed by atoms with Gasteiger partial charge >= 0.3 is 0 Å². The first-order valence-electron chi connectivity index (χ1n) is 9.01. The summed E-state index contributed by atoms with van der Waals surface area (Å²) in [5, 5.41) is 3.21. The lowest BCUT2D eigenvalue weighted by molar-refractivity contribution is 0.101.